The number of esters is 4. The van der Waals surface area contributed by atoms with E-state index in [1.807, 2.05) is 0 Å². The van der Waals surface area contributed by atoms with Gasteiger partial charge in [0.25, 0.3) is 0 Å². The Bertz CT molecular complexity index is 1650. The second-order valence-electron chi connectivity index (χ2n) is 24.1. The van der Waals surface area contributed by atoms with Crippen molar-refractivity contribution in [1.29, 1.82) is 0 Å². The molecule has 0 aliphatic rings. The Balaban J connectivity index is 5.22. The standard InChI is InChI=1S/C66H128O17P2/c1-6-10-13-16-19-21-23-25-30-35-40-45-50-64(69)77-56-62(83-66(71)52-47-42-37-32-28-27-29-34-38-43-48-59(5)9-4)58-81-85(74,75)79-54-60(67)53-78-84(72,73)80-57-61(55-76-63(68)49-44-39-33-18-15-12-8-3)82-65(70)51-46-41-36-31-26-24-22-20-17-14-11-7-2/h59-62,67H,6-58H2,1-5H3,(H,72,73)(H,74,75)/t59?,60-,61+,62+/m0/s1. The lowest BCUT2D eigenvalue weighted by molar-refractivity contribution is -0.161. The number of aliphatic hydroxyl groups is 1. The summed E-state index contributed by atoms with van der Waals surface area (Å²) < 4.78 is 68.0. The number of carbonyl (C=O) groups excluding carboxylic acids is 4. The Kier molecular flexibility index (Phi) is 58.3. The molecule has 85 heavy (non-hydrogen) atoms. The number of phosphoric ester groups is 2. The first-order valence-corrected chi connectivity index (χ1v) is 37.7. The van der Waals surface area contributed by atoms with Crippen LogP contribution in [0.5, 0.6) is 0 Å². The van der Waals surface area contributed by atoms with Gasteiger partial charge in [0.05, 0.1) is 26.4 Å². The third kappa shape index (κ3) is 59.5. The Labute approximate surface area is 517 Å². The van der Waals surface area contributed by atoms with E-state index in [0.29, 0.717) is 25.7 Å². The largest absolute Gasteiger partial charge is 0.472 e. The average Bonchev–Trinajstić information content (AvgIpc) is 3.50. The second kappa shape index (κ2) is 59.7. The third-order valence-electron chi connectivity index (χ3n) is 15.6. The summed E-state index contributed by atoms with van der Waals surface area (Å²) in [6.45, 7) is 7.20. The van der Waals surface area contributed by atoms with Crippen LogP contribution in [-0.2, 0) is 65.4 Å². The minimum absolute atomic E-state index is 0.107. The van der Waals surface area contributed by atoms with Crippen LogP contribution in [0.15, 0.2) is 0 Å². The fourth-order valence-corrected chi connectivity index (χ4v) is 11.5. The molecule has 0 saturated carbocycles. The van der Waals surface area contributed by atoms with Gasteiger partial charge in [-0.1, -0.05) is 285 Å². The first-order chi connectivity index (χ1) is 41.1. The minimum Gasteiger partial charge on any atom is -0.462 e. The van der Waals surface area contributed by atoms with Crippen molar-refractivity contribution in [2.24, 2.45) is 5.92 Å². The monoisotopic (exact) mass is 1250 g/mol. The van der Waals surface area contributed by atoms with Gasteiger partial charge >= 0.3 is 39.5 Å². The van der Waals surface area contributed by atoms with E-state index in [-0.39, 0.29) is 25.7 Å². The Morgan fingerprint density at radius 1 is 0.329 bits per heavy atom. The highest BCUT2D eigenvalue weighted by Crippen LogP contribution is 2.45. The number of phosphoric acid groups is 2. The zero-order chi connectivity index (χ0) is 62.8. The quantitative estimate of drug-likeness (QED) is 0.0222. The molecule has 0 rings (SSSR count). The molecule has 0 spiro atoms. The van der Waals surface area contributed by atoms with Crippen molar-refractivity contribution in [1.82, 2.24) is 0 Å². The molecule has 0 aromatic rings. The Morgan fingerprint density at radius 2 is 0.565 bits per heavy atom. The van der Waals surface area contributed by atoms with Gasteiger partial charge in [-0.2, -0.15) is 0 Å². The fourth-order valence-electron chi connectivity index (χ4n) is 9.90. The highest BCUT2D eigenvalue weighted by atomic mass is 31.2. The predicted octanol–water partition coefficient (Wildman–Crippen LogP) is 18.6. The van der Waals surface area contributed by atoms with Crippen LogP contribution < -0.4 is 0 Å². The van der Waals surface area contributed by atoms with E-state index in [4.69, 9.17) is 37.0 Å². The first kappa shape index (κ1) is 83.1. The highest BCUT2D eigenvalue weighted by Gasteiger charge is 2.30. The zero-order valence-corrected chi connectivity index (χ0v) is 56.5. The van der Waals surface area contributed by atoms with Crippen LogP contribution in [0, 0.1) is 5.92 Å². The van der Waals surface area contributed by atoms with Gasteiger partial charge in [-0.05, 0) is 31.6 Å². The smallest absolute Gasteiger partial charge is 0.462 e. The van der Waals surface area contributed by atoms with Gasteiger partial charge in [0.2, 0.25) is 0 Å². The number of hydrogen-bond acceptors (Lipinski definition) is 15. The zero-order valence-electron chi connectivity index (χ0n) is 54.7. The molecular weight excluding hydrogens is 1130 g/mol. The molecular formula is C66H128O17P2. The normalized spacial score (nSPS) is 14.5. The van der Waals surface area contributed by atoms with E-state index in [2.05, 4.69) is 34.6 Å². The lowest BCUT2D eigenvalue weighted by atomic mass is 9.99. The molecule has 0 fully saturated rings. The van der Waals surface area contributed by atoms with Crippen LogP contribution in [0.3, 0.4) is 0 Å². The van der Waals surface area contributed by atoms with Crippen molar-refractivity contribution in [3.05, 3.63) is 0 Å². The van der Waals surface area contributed by atoms with Crippen molar-refractivity contribution in [3.63, 3.8) is 0 Å². The average molecular weight is 1260 g/mol. The van der Waals surface area contributed by atoms with E-state index in [1.54, 1.807) is 0 Å². The van der Waals surface area contributed by atoms with E-state index >= 15 is 0 Å². The molecule has 6 atom stereocenters. The molecule has 0 aromatic carbocycles. The lowest BCUT2D eigenvalue weighted by Crippen LogP contribution is -2.30. The molecule has 17 nitrogen and oxygen atoms in total. The molecule has 0 saturated heterocycles. The van der Waals surface area contributed by atoms with Crippen molar-refractivity contribution >= 4 is 39.5 Å². The summed E-state index contributed by atoms with van der Waals surface area (Å²) in [5.74, 6) is -1.33. The Morgan fingerprint density at radius 3 is 0.835 bits per heavy atom. The summed E-state index contributed by atoms with van der Waals surface area (Å²) in [5.41, 5.74) is 0. The molecule has 0 aliphatic heterocycles. The molecule has 504 valence electrons. The van der Waals surface area contributed by atoms with Crippen molar-refractivity contribution in [3.8, 4) is 0 Å². The van der Waals surface area contributed by atoms with Crippen LogP contribution >= 0.6 is 15.6 Å². The fraction of sp³-hybridized carbons (Fsp3) is 0.939. The number of ether oxygens (including phenoxy) is 4. The van der Waals surface area contributed by atoms with Crippen molar-refractivity contribution in [2.45, 2.75) is 355 Å². The number of unbranched alkanes of at least 4 members (excludes halogenated alkanes) is 37. The summed E-state index contributed by atoms with van der Waals surface area (Å²) in [5, 5.41) is 10.5. The number of hydrogen-bond donors (Lipinski definition) is 3. The van der Waals surface area contributed by atoms with Crippen molar-refractivity contribution in [2.75, 3.05) is 39.6 Å². The minimum atomic E-state index is -4.95. The lowest BCUT2D eigenvalue weighted by Gasteiger charge is -2.21. The molecule has 3 unspecified atom stereocenters. The van der Waals surface area contributed by atoms with E-state index < -0.39 is 97.5 Å². The summed E-state index contributed by atoms with van der Waals surface area (Å²) >= 11 is 0. The van der Waals surface area contributed by atoms with Gasteiger partial charge in [-0.3, -0.25) is 37.3 Å². The van der Waals surface area contributed by atoms with Gasteiger partial charge in [0.15, 0.2) is 12.2 Å². The number of aliphatic hydroxyl groups excluding tert-OH is 1. The van der Waals surface area contributed by atoms with Crippen LogP contribution in [-0.4, -0.2) is 96.7 Å². The molecule has 0 heterocycles. The summed E-state index contributed by atoms with van der Waals surface area (Å²) in [6.07, 6.45) is 44.3. The SMILES string of the molecule is CCCCCCCCCCCCCCC(=O)OC[C@H](COP(=O)(O)OC[C@@H](O)COP(=O)(O)OC[C@@H](COC(=O)CCCCCCCCC)OC(=O)CCCCCCCCCCCCCC)OC(=O)CCCCCCCCCCCCC(C)CC. The number of carbonyl (C=O) groups is 4. The van der Waals surface area contributed by atoms with E-state index in [9.17, 15) is 43.2 Å². The van der Waals surface area contributed by atoms with Crippen LogP contribution in [0.1, 0.15) is 336 Å². The number of rotatable bonds is 66. The highest BCUT2D eigenvalue weighted by molar-refractivity contribution is 7.47. The molecule has 0 aliphatic carbocycles. The van der Waals surface area contributed by atoms with Gasteiger partial charge < -0.3 is 33.8 Å². The molecule has 0 radical (unpaired) electrons. The maximum absolute atomic E-state index is 13.0. The Hall–Kier alpha value is -1.94. The predicted molar refractivity (Wildman–Crippen MR) is 340 cm³/mol. The molecule has 19 heteroatoms. The summed E-state index contributed by atoms with van der Waals surface area (Å²) in [6, 6.07) is 0. The van der Waals surface area contributed by atoms with Crippen LogP contribution in [0.2, 0.25) is 0 Å². The maximum Gasteiger partial charge on any atom is 0.472 e. The maximum atomic E-state index is 13.0. The van der Waals surface area contributed by atoms with Gasteiger partial charge in [0.1, 0.15) is 19.3 Å². The second-order valence-corrected chi connectivity index (χ2v) is 27.0. The summed E-state index contributed by atoms with van der Waals surface area (Å²) in [7, 11) is -9.89. The summed E-state index contributed by atoms with van der Waals surface area (Å²) in [4.78, 5) is 72.2. The molecule has 0 amide bonds. The third-order valence-corrected chi connectivity index (χ3v) is 17.5. The first-order valence-electron chi connectivity index (χ1n) is 34.7. The molecule has 0 aromatic heterocycles. The van der Waals surface area contributed by atoms with Gasteiger partial charge in [0, 0.05) is 25.7 Å². The van der Waals surface area contributed by atoms with Crippen LogP contribution in [0.4, 0.5) is 0 Å². The van der Waals surface area contributed by atoms with E-state index in [0.717, 1.165) is 109 Å². The molecule has 3 N–H and O–H groups in total. The topological polar surface area (TPSA) is 237 Å². The van der Waals surface area contributed by atoms with Crippen molar-refractivity contribution < 1.29 is 80.2 Å². The van der Waals surface area contributed by atoms with Crippen LogP contribution in [0.25, 0.3) is 0 Å². The van der Waals surface area contributed by atoms with Gasteiger partial charge in [-0.15, -0.1) is 0 Å². The van der Waals surface area contributed by atoms with Gasteiger partial charge in [-0.25, -0.2) is 9.13 Å². The van der Waals surface area contributed by atoms with E-state index in [1.165, 1.54) is 148 Å². The molecule has 0 bridgehead atoms.